The molecule has 398 valence electrons. The van der Waals surface area contributed by atoms with Crippen molar-refractivity contribution in [2.24, 2.45) is 5.92 Å². The number of ether oxygens (including phenoxy) is 4. The first-order valence-corrected chi connectivity index (χ1v) is 25.6. The van der Waals surface area contributed by atoms with Crippen LogP contribution in [0.1, 0.15) is 149 Å². The van der Waals surface area contributed by atoms with E-state index in [1.54, 1.807) is 31.2 Å². The summed E-state index contributed by atoms with van der Waals surface area (Å²) in [5, 5.41) is 10.9. The Morgan fingerprint density at radius 1 is 0.620 bits per heavy atom. The van der Waals surface area contributed by atoms with Crippen LogP contribution >= 0.6 is 0 Å². The van der Waals surface area contributed by atoms with Crippen LogP contribution < -0.4 is 30.7 Å². The standard InChI is InChI=1S/C54H86N6O11/c1-12-14-16-17-18-19-20-21-22-23-24-25-30-55-54(67)59(7)45(36-71-31-15-13-2)51(64)58-39(5)50(63)56-35-48(62)60(8)49(52(65)57-38(4)40(6)61)42-27-29-47(69-10)44(34-42)43-33-41(26-28-46(43)68-9)32-37(3)53(66)70-11/h26-29,33-34,37-39,45,49H,12-25,30-32,35-36H2,1-11H3,(H,55,67)(H,56,63)(H,57,65)(H,58,64)/t37-,38-,39+,45+,49-/m0/s1. The number of nitrogens with zero attached hydrogens (tertiary/aromatic N) is 2. The van der Waals surface area contributed by atoms with E-state index >= 15 is 0 Å². The SMILES string of the molecule is CCCCCCCCCCCCCCNC(=O)N(C)[C@H](COCCCC)C(=O)N[C@H](C)C(=O)NCC(=O)N(C)[C@H](C(=O)N[C@@H](C)C(C)=O)c1ccc(OC)c(-c2cc(C[C@H](C)C(=O)OC)ccc2OC)c1. The average molecular weight is 995 g/mol. The molecule has 2 aromatic carbocycles. The Bertz CT molecular complexity index is 2000. The lowest BCUT2D eigenvalue weighted by atomic mass is 9.93. The summed E-state index contributed by atoms with van der Waals surface area (Å²) < 4.78 is 22.2. The molecule has 0 saturated carbocycles. The zero-order chi connectivity index (χ0) is 52.9. The number of rotatable bonds is 35. The highest BCUT2D eigenvalue weighted by atomic mass is 16.5. The minimum Gasteiger partial charge on any atom is -0.496 e. The number of hydrogen-bond acceptors (Lipinski definition) is 11. The minimum atomic E-state index is -1.30. The van der Waals surface area contributed by atoms with Gasteiger partial charge in [0.15, 0.2) is 5.78 Å². The topological polar surface area (TPSA) is 211 Å². The van der Waals surface area contributed by atoms with Crippen LogP contribution in [0, 0.1) is 5.92 Å². The van der Waals surface area contributed by atoms with Crippen LogP contribution in [0.15, 0.2) is 36.4 Å². The molecule has 2 rings (SSSR count). The largest absolute Gasteiger partial charge is 0.496 e. The van der Waals surface area contributed by atoms with Gasteiger partial charge in [-0.05, 0) is 75.4 Å². The fourth-order valence-corrected chi connectivity index (χ4v) is 7.97. The van der Waals surface area contributed by atoms with E-state index in [4.69, 9.17) is 18.9 Å². The molecule has 0 bridgehead atoms. The van der Waals surface area contributed by atoms with Crippen LogP contribution in [0.3, 0.4) is 0 Å². The second-order valence-electron chi connectivity index (χ2n) is 18.5. The van der Waals surface area contributed by atoms with E-state index < -0.39 is 66.3 Å². The molecule has 0 saturated heterocycles. The summed E-state index contributed by atoms with van der Waals surface area (Å²) in [6.45, 7) is 10.6. The molecule has 0 radical (unpaired) electrons. The summed E-state index contributed by atoms with van der Waals surface area (Å²) in [5.41, 5.74) is 2.26. The first-order chi connectivity index (χ1) is 33.9. The van der Waals surface area contributed by atoms with E-state index in [0.29, 0.717) is 47.8 Å². The molecule has 71 heavy (non-hydrogen) atoms. The molecule has 0 aliphatic rings. The van der Waals surface area contributed by atoms with Crippen LogP contribution in [0.5, 0.6) is 11.5 Å². The van der Waals surface area contributed by atoms with Gasteiger partial charge in [0.2, 0.25) is 23.6 Å². The lowest BCUT2D eigenvalue weighted by Gasteiger charge is -2.30. The van der Waals surface area contributed by atoms with Crippen LogP contribution in [0.2, 0.25) is 0 Å². The summed E-state index contributed by atoms with van der Waals surface area (Å²) in [6.07, 6.45) is 16.5. The maximum absolute atomic E-state index is 14.1. The van der Waals surface area contributed by atoms with Crippen molar-refractivity contribution in [1.29, 1.82) is 0 Å². The molecule has 17 nitrogen and oxygen atoms in total. The van der Waals surface area contributed by atoms with Gasteiger partial charge in [-0.25, -0.2) is 4.79 Å². The number of ketones is 1. The highest BCUT2D eigenvalue weighted by Gasteiger charge is 2.33. The van der Waals surface area contributed by atoms with Gasteiger partial charge >= 0.3 is 12.0 Å². The Balaban J connectivity index is 2.21. The predicted molar refractivity (Wildman–Crippen MR) is 276 cm³/mol. The van der Waals surface area contributed by atoms with Gasteiger partial charge in [-0.3, -0.25) is 28.8 Å². The summed E-state index contributed by atoms with van der Waals surface area (Å²) in [5.74, 6) is -2.81. The molecule has 0 heterocycles. The third kappa shape index (κ3) is 21.3. The molecule has 0 spiro atoms. The molecule has 0 aliphatic carbocycles. The maximum Gasteiger partial charge on any atom is 0.317 e. The molecule has 0 aliphatic heterocycles. The highest BCUT2D eigenvalue weighted by Crippen LogP contribution is 2.40. The highest BCUT2D eigenvalue weighted by molar-refractivity contribution is 5.95. The van der Waals surface area contributed by atoms with Crippen molar-refractivity contribution in [3.8, 4) is 22.6 Å². The Labute approximate surface area is 423 Å². The predicted octanol–water partition coefficient (Wildman–Crippen LogP) is 7.46. The minimum absolute atomic E-state index is 0.0857. The number of hydrogen-bond donors (Lipinski definition) is 4. The lowest BCUT2D eigenvalue weighted by Crippen LogP contribution is -2.57. The first-order valence-electron chi connectivity index (χ1n) is 25.6. The molecule has 0 aromatic heterocycles. The molecular weight excluding hydrogens is 909 g/mol. The number of carbonyl (C=O) groups is 7. The van der Waals surface area contributed by atoms with Gasteiger partial charge in [0, 0.05) is 38.4 Å². The third-order valence-electron chi connectivity index (χ3n) is 12.7. The number of esters is 1. The number of Topliss-reactive ketones (excluding diaryl/α,β-unsaturated/α-hetero) is 1. The van der Waals surface area contributed by atoms with Crippen LogP contribution in [0.25, 0.3) is 11.1 Å². The first kappa shape index (κ1) is 61.4. The fourth-order valence-electron chi connectivity index (χ4n) is 7.97. The van der Waals surface area contributed by atoms with Crippen LogP contribution in [-0.2, 0) is 44.7 Å². The number of methoxy groups -OCH3 is 3. The Morgan fingerprint density at radius 3 is 1.73 bits per heavy atom. The number of likely N-dealkylation sites (N-methyl/N-ethyl adjacent to an activating group) is 2. The van der Waals surface area contributed by atoms with E-state index in [1.807, 2.05) is 19.1 Å². The summed E-state index contributed by atoms with van der Waals surface area (Å²) in [4.78, 5) is 95.4. The third-order valence-corrected chi connectivity index (χ3v) is 12.7. The van der Waals surface area contributed by atoms with Crippen molar-refractivity contribution in [2.75, 3.05) is 61.7 Å². The number of urea groups is 1. The monoisotopic (exact) mass is 995 g/mol. The van der Waals surface area contributed by atoms with Gasteiger partial charge in [0.25, 0.3) is 0 Å². The van der Waals surface area contributed by atoms with Crippen LogP contribution in [-0.4, -0.2) is 131 Å². The van der Waals surface area contributed by atoms with E-state index in [-0.39, 0.29) is 18.4 Å². The van der Waals surface area contributed by atoms with E-state index in [1.165, 1.54) is 119 Å². The van der Waals surface area contributed by atoms with Crippen molar-refractivity contribution < 1.29 is 52.5 Å². The molecule has 17 heteroatoms. The number of benzene rings is 2. The lowest BCUT2D eigenvalue weighted by molar-refractivity contribution is -0.144. The van der Waals surface area contributed by atoms with Crippen molar-refractivity contribution in [2.45, 2.75) is 162 Å². The zero-order valence-corrected chi connectivity index (χ0v) is 44.7. The van der Waals surface area contributed by atoms with Crippen LogP contribution in [0.4, 0.5) is 4.79 Å². The van der Waals surface area contributed by atoms with Gasteiger partial charge in [-0.1, -0.05) is 110 Å². The molecule has 2 aromatic rings. The normalized spacial score (nSPS) is 13.1. The van der Waals surface area contributed by atoms with Gasteiger partial charge in [0.1, 0.15) is 29.6 Å². The zero-order valence-electron chi connectivity index (χ0n) is 44.7. The van der Waals surface area contributed by atoms with Gasteiger partial charge in [0.05, 0.1) is 46.4 Å². The van der Waals surface area contributed by atoms with Gasteiger partial charge in [-0.15, -0.1) is 0 Å². The van der Waals surface area contributed by atoms with E-state index in [0.717, 1.165) is 42.6 Å². The van der Waals surface area contributed by atoms with E-state index in [2.05, 4.69) is 28.2 Å². The van der Waals surface area contributed by atoms with Crippen molar-refractivity contribution in [1.82, 2.24) is 31.1 Å². The van der Waals surface area contributed by atoms with Crippen molar-refractivity contribution in [3.63, 3.8) is 0 Å². The van der Waals surface area contributed by atoms with Crippen molar-refractivity contribution >= 4 is 41.4 Å². The molecular formula is C54H86N6O11. The molecule has 0 fully saturated rings. The summed E-state index contributed by atoms with van der Waals surface area (Å²) in [7, 11) is 7.26. The number of carbonyl (C=O) groups excluding carboxylic acids is 7. The maximum atomic E-state index is 14.1. The Kier molecular flexibility index (Phi) is 29.2. The molecule has 0 unspecified atom stereocenters. The number of nitrogens with one attached hydrogen (secondary N) is 4. The average Bonchev–Trinajstić information content (AvgIpc) is 3.35. The second kappa shape index (κ2) is 33.8. The van der Waals surface area contributed by atoms with Crippen molar-refractivity contribution in [3.05, 3.63) is 47.5 Å². The molecule has 6 amide bonds. The molecule has 5 atom stereocenters. The fraction of sp³-hybridized carbons (Fsp3) is 0.648. The number of amides is 6. The smallest absolute Gasteiger partial charge is 0.317 e. The van der Waals surface area contributed by atoms with Gasteiger partial charge in [-0.2, -0.15) is 0 Å². The number of unbranched alkanes of at least 4 members (excludes halogenated alkanes) is 12. The Morgan fingerprint density at radius 2 is 1.17 bits per heavy atom. The summed E-state index contributed by atoms with van der Waals surface area (Å²) in [6, 6.07) is 5.63. The summed E-state index contributed by atoms with van der Waals surface area (Å²) >= 11 is 0. The second-order valence-corrected chi connectivity index (χ2v) is 18.5. The quantitative estimate of drug-likeness (QED) is 0.0393. The molecule has 4 N–H and O–H groups in total. The van der Waals surface area contributed by atoms with Gasteiger partial charge < -0.3 is 50.0 Å². The van der Waals surface area contributed by atoms with E-state index in [9.17, 15) is 33.6 Å². The Hall–Kier alpha value is -5.71.